The molecule has 18 heavy (non-hydrogen) atoms. The van der Waals surface area contributed by atoms with Gasteiger partial charge in [-0.2, -0.15) is 0 Å². The minimum absolute atomic E-state index is 0.659. The molecule has 2 unspecified atom stereocenters. The number of benzene rings is 1. The van der Waals surface area contributed by atoms with E-state index in [4.69, 9.17) is 11.6 Å². The van der Waals surface area contributed by atoms with Crippen LogP contribution in [0.1, 0.15) is 37.7 Å². The SMILES string of the molecule is ClCC1CCCCC1NCCCc1ccccc1. The second kappa shape index (κ2) is 7.81. The van der Waals surface area contributed by atoms with Gasteiger partial charge in [0.25, 0.3) is 0 Å². The van der Waals surface area contributed by atoms with Crippen molar-refractivity contribution in [1.82, 2.24) is 5.32 Å². The van der Waals surface area contributed by atoms with E-state index >= 15 is 0 Å². The van der Waals surface area contributed by atoms with Gasteiger partial charge in [-0.15, -0.1) is 11.6 Å². The Morgan fingerprint density at radius 1 is 1.11 bits per heavy atom. The van der Waals surface area contributed by atoms with Gasteiger partial charge in [0.15, 0.2) is 0 Å². The van der Waals surface area contributed by atoms with Gasteiger partial charge in [-0.1, -0.05) is 43.2 Å². The molecule has 1 aliphatic carbocycles. The molecule has 1 aromatic rings. The van der Waals surface area contributed by atoms with Crippen molar-refractivity contribution in [3.8, 4) is 0 Å². The lowest BCUT2D eigenvalue weighted by Gasteiger charge is -2.31. The van der Waals surface area contributed by atoms with Crippen LogP contribution < -0.4 is 5.32 Å². The molecule has 1 aromatic carbocycles. The molecule has 0 aromatic heterocycles. The molecule has 2 atom stereocenters. The van der Waals surface area contributed by atoms with Crippen LogP contribution in [0.3, 0.4) is 0 Å². The molecule has 100 valence electrons. The van der Waals surface area contributed by atoms with Crippen molar-refractivity contribution in [1.29, 1.82) is 0 Å². The molecule has 1 saturated carbocycles. The summed E-state index contributed by atoms with van der Waals surface area (Å²) < 4.78 is 0. The van der Waals surface area contributed by atoms with Gasteiger partial charge in [0.05, 0.1) is 0 Å². The summed E-state index contributed by atoms with van der Waals surface area (Å²) in [4.78, 5) is 0. The fourth-order valence-corrected chi connectivity index (χ4v) is 3.26. The number of alkyl halides is 1. The number of hydrogen-bond donors (Lipinski definition) is 1. The van der Waals surface area contributed by atoms with Crippen molar-refractivity contribution >= 4 is 11.6 Å². The molecule has 2 rings (SSSR count). The van der Waals surface area contributed by atoms with Crippen LogP contribution in [0, 0.1) is 5.92 Å². The van der Waals surface area contributed by atoms with Gasteiger partial charge in [0, 0.05) is 11.9 Å². The Kier molecular flexibility index (Phi) is 6.02. The highest BCUT2D eigenvalue weighted by Gasteiger charge is 2.23. The molecule has 1 N–H and O–H groups in total. The fraction of sp³-hybridized carbons (Fsp3) is 0.625. The monoisotopic (exact) mass is 265 g/mol. The highest BCUT2D eigenvalue weighted by atomic mass is 35.5. The van der Waals surface area contributed by atoms with Gasteiger partial charge >= 0.3 is 0 Å². The molecule has 0 spiro atoms. The highest BCUT2D eigenvalue weighted by molar-refractivity contribution is 6.18. The van der Waals surface area contributed by atoms with Crippen LogP contribution in [-0.4, -0.2) is 18.5 Å². The zero-order valence-corrected chi connectivity index (χ0v) is 11.8. The number of halogens is 1. The van der Waals surface area contributed by atoms with Gasteiger partial charge in [0.1, 0.15) is 0 Å². The normalized spacial score (nSPS) is 24.1. The van der Waals surface area contributed by atoms with Crippen LogP contribution >= 0.6 is 11.6 Å². The Morgan fingerprint density at radius 2 is 1.89 bits per heavy atom. The van der Waals surface area contributed by atoms with Crippen molar-refractivity contribution in [2.75, 3.05) is 12.4 Å². The first-order valence-electron chi connectivity index (χ1n) is 7.23. The van der Waals surface area contributed by atoms with Crippen LogP contribution in [-0.2, 0) is 6.42 Å². The van der Waals surface area contributed by atoms with E-state index in [1.807, 2.05) is 0 Å². The van der Waals surface area contributed by atoms with Crippen molar-refractivity contribution in [2.45, 2.75) is 44.6 Å². The molecular weight excluding hydrogens is 242 g/mol. The number of nitrogens with one attached hydrogen (secondary N) is 1. The predicted octanol–water partition coefficient (Wildman–Crippen LogP) is 4.01. The van der Waals surface area contributed by atoms with Crippen LogP contribution in [0.2, 0.25) is 0 Å². The Hall–Kier alpha value is -0.530. The van der Waals surface area contributed by atoms with E-state index in [9.17, 15) is 0 Å². The minimum atomic E-state index is 0.659. The Labute approximate surface area is 116 Å². The van der Waals surface area contributed by atoms with Crippen LogP contribution in [0.4, 0.5) is 0 Å². The first kappa shape index (κ1) is 13.9. The van der Waals surface area contributed by atoms with Gasteiger partial charge < -0.3 is 5.32 Å². The maximum absolute atomic E-state index is 6.04. The van der Waals surface area contributed by atoms with Crippen molar-refractivity contribution in [2.24, 2.45) is 5.92 Å². The Morgan fingerprint density at radius 3 is 2.67 bits per heavy atom. The molecule has 0 heterocycles. The zero-order valence-electron chi connectivity index (χ0n) is 11.1. The summed E-state index contributed by atoms with van der Waals surface area (Å²) in [6, 6.07) is 11.4. The highest BCUT2D eigenvalue weighted by Crippen LogP contribution is 2.25. The minimum Gasteiger partial charge on any atom is -0.314 e. The first-order valence-corrected chi connectivity index (χ1v) is 7.77. The van der Waals surface area contributed by atoms with Crippen LogP contribution in [0.25, 0.3) is 0 Å². The maximum atomic E-state index is 6.04. The average molecular weight is 266 g/mol. The summed E-state index contributed by atoms with van der Waals surface area (Å²) in [7, 11) is 0. The van der Waals surface area contributed by atoms with E-state index < -0.39 is 0 Å². The van der Waals surface area contributed by atoms with Gasteiger partial charge in [0.2, 0.25) is 0 Å². The van der Waals surface area contributed by atoms with E-state index in [0.29, 0.717) is 12.0 Å². The van der Waals surface area contributed by atoms with E-state index in [2.05, 4.69) is 35.6 Å². The lowest BCUT2D eigenvalue weighted by Crippen LogP contribution is -2.39. The number of hydrogen-bond acceptors (Lipinski definition) is 1. The topological polar surface area (TPSA) is 12.0 Å². The molecule has 0 saturated heterocycles. The average Bonchev–Trinajstić information content (AvgIpc) is 2.45. The molecule has 0 bridgehead atoms. The van der Waals surface area contributed by atoms with E-state index in [1.54, 1.807) is 0 Å². The third-order valence-corrected chi connectivity index (χ3v) is 4.40. The Bertz CT molecular complexity index is 325. The number of rotatable bonds is 6. The summed E-state index contributed by atoms with van der Waals surface area (Å²) >= 11 is 6.04. The van der Waals surface area contributed by atoms with Crippen LogP contribution in [0.5, 0.6) is 0 Å². The summed E-state index contributed by atoms with van der Waals surface area (Å²) in [5.41, 5.74) is 1.44. The lowest BCUT2D eigenvalue weighted by molar-refractivity contribution is 0.283. The van der Waals surface area contributed by atoms with Gasteiger partial charge in [-0.05, 0) is 43.7 Å². The maximum Gasteiger partial charge on any atom is 0.0266 e. The predicted molar refractivity (Wildman–Crippen MR) is 79.2 cm³/mol. The fourth-order valence-electron chi connectivity index (χ4n) is 2.89. The quantitative estimate of drug-likeness (QED) is 0.605. The molecule has 0 radical (unpaired) electrons. The summed E-state index contributed by atoms with van der Waals surface area (Å²) in [6.07, 6.45) is 7.73. The summed E-state index contributed by atoms with van der Waals surface area (Å²) in [5, 5.41) is 3.71. The third-order valence-electron chi connectivity index (χ3n) is 4.00. The molecular formula is C16H24ClN. The van der Waals surface area contributed by atoms with Crippen LogP contribution in [0.15, 0.2) is 30.3 Å². The van der Waals surface area contributed by atoms with Crippen molar-refractivity contribution in [3.05, 3.63) is 35.9 Å². The molecule has 0 amide bonds. The van der Waals surface area contributed by atoms with Crippen molar-refractivity contribution < 1.29 is 0 Å². The van der Waals surface area contributed by atoms with Gasteiger partial charge in [-0.25, -0.2) is 0 Å². The third kappa shape index (κ3) is 4.29. The van der Waals surface area contributed by atoms with E-state index in [-0.39, 0.29) is 0 Å². The largest absolute Gasteiger partial charge is 0.314 e. The summed E-state index contributed by atoms with van der Waals surface area (Å²) in [6.45, 7) is 1.12. The zero-order chi connectivity index (χ0) is 12.6. The second-order valence-corrected chi connectivity index (χ2v) is 5.66. The first-order chi connectivity index (χ1) is 8.90. The lowest BCUT2D eigenvalue weighted by atomic mass is 9.86. The van der Waals surface area contributed by atoms with E-state index in [1.165, 1.54) is 44.1 Å². The molecule has 1 aliphatic rings. The molecule has 1 fully saturated rings. The molecule has 2 heteroatoms. The molecule has 1 nitrogen and oxygen atoms in total. The Balaban J connectivity index is 1.65. The molecule has 0 aliphatic heterocycles. The summed E-state index contributed by atoms with van der Waals surface area (Å²) in [5.74, 6) is 1.51. The standard InChI is InChI=1S/C16H24ClN/c17-13-15-10-4-5-11-16(15)18-12-6-9-14-7-2-1-3-8-14/h1-3,7-8,15-16,18H,4-6,9-13H2. The smallest absolute Gasteiger partial charge is 0.0266 e. The number of aryl methyl sites for hydroxylation is 1. The van der Waals surface area contributed by atoms with Gasteiger partial charge in [-0.3, -0.25) is 0 Å². The van der Waals surface area contributed by atoms with Crippen molar-refractivity contribution in [3.63, 3.8) is 0 Å². The second-order valence-electron chi connectivity index (χ2n) is 5.35. The van der Waals surface area contributed by atoms with E-state index in [0.717, 1.165) is 12.4 Å².